The predicted octanol–water partition coefficient (Wildman–Crippen LogP) is 3.59. The summed E-state index contributed by atoms with van der Waals surface area (Å²) in [5.74, 6) is -0.153. The first-order valence-electron chi connectivity index (χ1n) is 8.15. The van der Waals surface area contributed by atoms with Crippen LogP contribution in [0.15, 0.2) is 24.3 Å². The molecule has 1 aliphatic rings. The van der Waals surface area contributed by atoms with Gasteiger partial charge in [-0.25, -0.2) is 4.98 Å². The highest BCUT2D eigenvalue weighted by molar-refractivity contribution is 7.16. The molecule has 3 N–H and O–H groups in total. The van der Waals surface area contributed by atoms with Gasteiger partial charge in [-0.2, -0.15) is 8.78 Å². The van der Waals surface area contributed by atoms with E-state index in [-0.39, 0.29) is 30.2 Å². The highest BCUT2D eigenvalue weighted by Crippen LogP contribution is 2.32. The zero-order chi connectivity index (χ0) is 18.7. The minimum Gasteiger partial charge on any atom is -0.435 e. The van der Waals surface area contributed by atoms with E-state index in [0.717, 1.165) is 16.9 Å². The lowest BCUT2D eigenvalue weighted by Gasteiger charge is -2.11. The fourth-order valence-corrected chi connectivity index (χ4v) is 3.61. The molecule has 2 aromatic rings. The molecule has 10 heteroatoms. The van der Waals surface area contributed by atoms with E-state index >= 15 is 0 Å². The average Bonchev–Trinajstić information content (AvgIpc) is 3.22. The topological polar surface area (TPSA) is 86.5 Å². The van der Waals surface area contributed by atoms with Crippen LogP contribution in [0.2, 0.25) is 0 Å². The number of carbonyl (C=O) groups is 1. The highest BCUT2D eigenvalue weighted by atomic mass is 35.5. The minimum atomic E-state index is -2.86. The number of amides is 1. The zero-order valence-electron chi connectivity index (χ0n) is 14.5. The summed E-state index contributed by atoms with van der Waals surface area (Å²) in [5.41, 5.74) is 6.99. The Balaban J connectivity index is 0.00000261. The fraction of sp³-hybridized carbons (Fsp3) is 0.412. The molecule has 3 rings (SSSR count). The number of hydrogen-bond donors (Lipinski definition) is 2. The lowest BCUT2D eigenvalue weighted by Crippen LogP contribution is -2.29. The van der Waals surface area contributed by atoms with Crippen LogP contribution in [0, 0.1) is 6.92 Å². The Bertz CT molecular complexity index is 773. The Hall–Kier alpha value is -1.81. The molecule has 1 amide bonds. The summed E-state index contributed by atoms with van der Waals surface area (Å²) >= 11 is 1.34. The lowest BCUT2D eigenvalue weighted by molar-refractivity contribution is -0.126. The van der Waals surface area contributed by atoms with Crippen LogP contribution in [-0.4, -0.2) is 36.3 Å². The van der Waals surface area contributed by atoms with Crippen molar-refractivity contribution in [3.05, 3.63) is 29.1 Å². The van der Waals surface area contributed by atoms with E-state index in [2.05, 4.69) is 15.0 Å². The summed E-state index contributed by atoms with van der Waals surface area (Å²) in [4.78, 5) is 17.6. The van der Waals surface area contributed by atoms with Gasteiger partial charge in [0.05, 0.1) is 11.8 Å². The number of aryl methyl sites for hydroxylation is 1. The SMILES string of the molecule is Cc1sc(NC(=O)[C@@H]2CC[C@H](CN)O2)nc1-c1ccc(OC(F)F)cc1.Cl. The molecule has 2 atom stereocenters. The first-order valence-corrected chi connectivity index (χ1v) is 8.97. The smallest absolute Gasteiger partial charge is 0.387 e. The second-order valence-corrected chi connectivity index (χ2v) is 7.08. The predicted molar refractivity (Wildman–Crippen MR) is 102 cm³/mol. The largest absolute Gasteiger partial charge is 0.435 e. The van der Waals surface area contributed by atoms with Gasteiger partial charge in [0, 0.05) is 17.0 Å². The standard InChI is InChI=1S/C17H19F2N3O3S.ClH/c1-9-14(10-2-4-11(5-3-10)25-16(18)19)21-17(26-9)22-15(23)13-7-6-12(8-20)24-13;/h2-5,12-13,16H,6-8,20H2,1H3,(H,21,22,23);1H/t12-,13+;/m1./s1. The van der Waals surface area contributed by atoms with E-state index in [0.29, 0.717) is 23.8 Å². The van der Waals surface area contributed by atoms with E-state index in [9.17, 15) is 13.6 Å². The number of hydrogen-bond acceptors (Lipinski definition) is 6. The molecule has 148 valence electrons. The average molecular weight is 420 g/mol. The van der Waals surface area contributed by atoms with Crippen LogP contribution in [0.25, 0.3) is 11.3 Å². The Kier molecular flexibility index (Phi) is 7.49. The number of carbonyl (C=O) groups excluding carboxylic acids is 1. The molecule has 27 heavy (non-hydrogen) atoms. The van der Waals surface area contributed by atoms with Crippen molar-refractivity contribution in [3.8, 4) is 17.0 Å². The molecule has 2 heterocycles. The van der Waals surface area contributed by atoms with Crippen molar-refractivity contribution in [2.75, 3.05) is 11.9 Å². The second-order valence-electron chi connectivity index (χ2n) is 5.88. The summed E-state index contributed by atoms with van der Waals surface area (Å²) in [6.45, 7) is -0.585. The van der Waals surface area contributed by atoms with Crippen molar-refractivity contribution in [1.82, 2.24) is 4.98 Å². The third-order valence-corrected chi connectivity index (χ3v) is 4.93. The van der Waals surface area contributed by atoms with E-state index in [1.165, 1.54) is 23.5 Å². The Morgan fingerprint density at radius 3 is 2.70 bits per heavy atom. The first kappa shape index (κ1) is 21.5. The first-order chi connectivity index (χ1) is 12.5. The number of alkyl halides is 2. The molecule has 1 aliphatic heterocycles. The molecule has 0 unspecified atom stereocenters. The number of nitrogens with one attached hydrogen (secondary N) is 1. The molecule has 1 aromatic carbocycles. The lowest BCUT2D eigenvalue weighted by atomic mass is 10.1. The second kappa shape index (κ2) is 9.41. The van der Waals surface area contributed by atoms with Gasteiger partial charge in [0.25, 0.3) is 5.91 Å². The number of halogens is 3. The van der Waals surface area contributed by atoms with Crippen LogP contribution < -0.4 is 15.8 Å². The van der Waals surface area contributed by atoms with Crippen molar-refractivity contribution < 1.29 is 23.0 Å². The van der Waals surface area contributed by atoms with Crippen LogP contribution in [0.3, 0.4) is 0 Å². The van der Waals surface area contributed by atoms with Gasteiger partial charge in [-0.3, -0.25) is 10.1 Å². The maximum Gasteiger partial charge on any atom is 0.387 e. The number of anilines is 1. The number of nitrogens with zero attached hydrogens (tertiary/aromatic N) is 1. The van der Waals surface area contributed by atoms with Gasteiger partial charge in [-0.05, 0) is 44.0 Å². The Morgan fingerprint density at radius 2 is 2.11 bits per heavy atom. The van der Waals surface area contributed by atoms with Gasteiger partial charge in [0.1, 0.15) is 11.9 Å². The van der Waals surface area contributed by atoms with Gasteiger partial charge < -0.3 is 15.2 Å². The third kappa shape index (κ3) is 5.35. The number of ether oxygens (including phenoxy) is 2. The molecule has 0 saturated carbocycles. The molecule has 1 saturated heterocycles. The van der Waals surface area contributed by atoms with Crippen molar-refractivity contribution in [2.45, 2.75) is 38.6 Å². The molecule has 0 radical (unpaired) electrons. The number of benzene rings is 1. The van der Waals surface area contributed by atoms with Crippen LogP contribution >= 0.6 is 23.7 Å². The van der Waals surface area contributed by atoms with Gasteiger partial charge in [-0.1, -0.05) is 0 Å². The third-order valence-electron chi connectivity index (χ3n) is 4.04. The monoisotopic (exact) mass is 419 g/mol. The quantitative estimate of drug-likeness (QED) is 0.747. The van der Waals surface area contributed by atoms with Gasteiger partial charge >= 0.3 is 6.61 Å². The minimum absolute atomic E-state index is 0. The normalized spacial score (nSPS) is 19.0. The summed E-state index contributed by atoms with van der Waals surface area (Å²) in [6, 6.07) is 6.21. The van der Waals surface area contributed by atoms with Crippen molar-refractivity contribution >= 4 is 34.8 Å². The van der Waals surface area contributed by atoms with Crippen LogP contribution in [0.5, 0.6) is 5.75 Å². The number of nitrogens with two attached hydrogens (primary N) is 1. The van der Waals surface area contributed by atoms with E-state index < -0.39 is 12.7 Å². The molecular weight excluding hydrogens is 400 g/mol. The van der Waals surface area contributed by atoms with Crippen molar-refractivity contribution in [3.63, 3.8) is 0 Å². The molecular formula is C17H20ClF2N3O3S. The van der Waals surface area contributed by atoms with Crippen molar-refractivity contribution in [1.29, 1.82) is 0 Å². The molecule has 1 aromatic heterocycles. The zero-order valence-corrected chi connectivity index (χ0v) is 16.1. The Morgan fingerprint density at radius 1 is 1.41 bits per heavy atom. The maximum atomic E-state index is 12.3. The molecule has 6 nitrogen and oxygen atoms in total. The highest BCUT2D eigenvalue weighted by Gasteiger charge is 2.30. The number of thiazole rings is 1. The Labute approximate surface area is 165 Å². The van der Waals surface area contributed by atoms with E-state index in [4.69, 9.17) is 10.5 Å². The maximum absolute atomic E-state index is 12.3. The summed E-state index contributed by atoms with van der Waals surface area (Å²) in [5, 5.41) is 3.24. The number of rotatable bonds is 6. The number of aromatic nitrogens is 1. The van der Waals surface area contributed by atoms with Gasteiger partial charge in [0.15, 0.2) is 5.13 Å². The molecule has 0 bridgehead atoms. The fourth-order valence-electron chi connectivity index (χ4n) is 2.77. The summed E-state index contributed by atoms with van der Waals surface area (Å²) in [7, 11) is 0. The van der Waals surface area contributed by atoms with E-state index in [1.807, 2.05) is 6.92 Å². The van der Waals surface area contributed by atoms with Crippen molar-refractivity contribution in [2.24, 2.45) is 5.73 Å². The molecule has 1 fully saturated rings. The molecule has 0 spiro atoms. The van der Waals surface area contributed by atoms with Gasteiger partial charge in [-0.15, -0.1) is 23.7 Å². The van der Waals surface area contributed by atoms with Crippen LogP contribution in [0.1, 0.15) is 17.7 Å². The van der Waals surface area contributed by atoms with Gasteiger partial charge in [0.2, 0.25) is 0 Å². The van der Waals surface area contributed by atoms with Crippen LogP contribution in [0.4, 0.5) is 13.9 Å². The summed E-state index contributed by atoms with van der Waals surface area (Å²) < 4.78 is 34.3. The summed E-state index contributed by atoms with van der Waals surface area (Å²) in [6.07, 6.45) is 0.815. The molecule has 0 aliphatic carbocycles. The van der Waals surface area contributed by atoms with E-state index in [1.54, 1.807) is 12.1 Å². The van der Waals surface area contributed by atoms with Crippen LogP contribution in [-0.2, 0) is 9.53 Å².